The number of carbonyl (C=O) groups is 1. The third kappa shape index (κ3) is 4.06. The second kappa shape index (κ2) is 6.87. The topological polar surface area (TPSA) is 91.1 Å². The maximum absolute atomic E-state index is 12.3. The highest BCUT2D eigenvalue weighted by molar-refractivity contribution is 7.89. The van der Waals surface area contributed by atoms with Gasteiger partial charge in [0.15, 0.2) is 0 Å². The van der Waals surface area contributed by atoms with E-state index in [0.717, 1.165) is 12.6 Å². The molecule has 1 rings (SSSR count). The molecule has 20 heavy (non-hydrogen) atoms. The first-order valence-corrected chi connectivity index (χ1v) is 7.71. The summed E-state index contributed by atoms with van der Waals surface area (Å²) in [6.07, 6.45) is 0.687. The maximum Gasteiger partial charge on any atom is 0.371 e. The monoisotopic (exact) mass is 304 g/mol. The average Bonchev–Trinajstić information content (AvgIpc) is 2.84. The predicted octanol–water partition coefficient (Wildman–Crippen LogP) is 0.940. The van der Waals surface area contributed by atoms with Crippen LogP contribution in [0, 0.1) is 0 Å². The molecule has 0 aliphatic rings. The van der Waals surface area contributed by atoms with E-state index >= 15 is 0 Å². The van der Waals surface area contributed by atoms with E-state index in [0.29, 0.717) is 19.5 Å². The number of sulfonamides is 1. The van der Waals surface area contributed by atoms with Crippen LogP contribution in [0.1, 0.15) is 23.9 Å². The lowest BCUT2D eigenvalue weighted by molar-refractivity contribution is 0.0656. The van der Waals surface area contributed by atoms with Gasteiger partial charge < -0.3 is 14.4 Å². The van der Waals surface area contributed by atoms with Crippen molar-refractivity contribution in [2.45, 2.75) is 18.4 Å². The van der Waals surface area contributed by atoms with Crippen LogP contribution in [-0.2, 0) is 10.0 Å². The van der Waals surface area contributed by atoms with Gasteiger partial charge in [0, 0.05) is 13.1 Å². The maximum atomic E-state index is 12.3. The quantitative estimate of drug-likeness (QED) is 0.768. The molecule has 0 saturated heterocycles. The molecule has 114 valence electrons. The predicted molar refractivity (Wildman–Crippen MR) is 73.3 cm³/mol. The summed E-state index contributed by atoms with van der Waals surface area (Å²) >= 11 is 0. The second-order valence-electron chi connectivity index (χ2n) is 4.58. The number of nitrogens with zero attached hydrogens (tertiary/aromatic N) is 2. The molecule has 0 fully saturated rings. The van der Waals surface area contributed by atoms with E-state index in [4.69, 9.17) is 9.52 Å². The van der Waals surface area contributed by atoms with Crippen molar-refractivity contribution < 1.29 is 22.7 Å². The molecule has 7 nitrogen and oxygen atoms in total. The first-order valence-electron chi connectivity index (χ1n) is 6.27. The molecule has 0 saturated carbocycles. The molecule has 1 heterocycles. The summed E-state index contributed by atoms with van der Waals surface area (Å²) in [4.78, 5) is 12.7. The molecule has 0 bridgehead atoms. The summed E-state index contributed by atoms with van der Waals surface area (Å²) in [5.74, 6) is -1.67. The first-order chi connectivity index (χ1) is 9.28. The number of aromatic carboxylic acids is 1. The smallest absolute Gasteiger partial charge is 0.371 e. The fraction of sp³-hybridized carbons (Fsp3) is 0.583. The lowest BCUT2D eigenvalue weighted by Crippen LogP contribution is -2.33. The van der Waals surface area contributed by atoms with Gasteiger partial charge in [0.2, 0.25) is 10.9 Å². The summed E-state index contributed by atoms with van der Waals surface area (Å²) in [5, 5.41) is 8.42. The molecule has 0 aromatic carbocycles. The van der Waals surface area contributed by atoms with Gasteiger partial charge in [0.1, 0.15) is 0 Å². The van der Waals surface area contributed by atoms with E-state index in [1.54, 1.807) is 6.92 Å². The van der Waals surface area contributed by atoms with Crippen LogP contribution < -0.4 is 0 Å². The summed E-state index contributed by atoms with van der Waals surface area (Å²) in [5.41, 5.74) is 0. The number of carboxylic acids is 1. The van der Waals surface area contributed by atoms with Crippen LogP contribution >= 0.6 is 0 Å². The SMILES string of the molecule is CCN(CCCN(C)C)S(=O)(=O)c1ccc(C(=O)O)o1. The van der Waals surface area contributed by atoms with Gasteiger partial charge in [-0.15, -0.1) is 0 Å². The van der Waals surface area contributed by atoms with Crippen molar-refractivity contribution in [3.63, 3.8) is 0 Å². The van der Waals surface area contributed by atoms with Crippen molar-refractivity contribution in [3.8, 4) is 0 Å². The van der Waals surface area contributed by atoms with E-state index in [1.165, 1.54) is 10.4 Å². The number of hydrogen-bond acceptors (Lipinski definition) is 5. The Labute approximate surface area is 118 Å². The molecule has 0 atom stereocenters. The van der Waals surface area contributed by atoms with Crippen LogP contribution in [0.4, 0.5) is 0 Å². The van der Waals surface area contributed by atoms with Gasteiger partial charge in [-0.05, 0) is 39.2 Å². The first kappa shape index (κ1) is 16.7. The van der Waals surface area contributed by atoms with Crippen LogP contribution in [0.3, 0.4) is 0 Å². The third-order valence-corrected chi connectivity index (χ3v) is 4.60. The van der Waals surface area contributed by atoms with Crippen LogP contribution in [0.25, 0.3) is 0 Å². The Morgan fingerprint density at radius 1 is 1.30 bits per heavy atom. The number of rotatable bonds is 8. The van der Waals surface area contributed by atoms with Crippen LogP contribution in [0.2, 0.25) is 0 Å². The zero-order valence-electron chi connectivity index (χ0n) is 11.9. The highest BCUT2D eigenvalue weighted by Crippen LogP contribution is 2.19. The Balaban J connectivity index is 2.85. The van der Waals surface area contributed by atoms with E-state index < -0.39 is 16.0 Å². The molecule has 0 unspecified atom stereocenters. The van der Waals surface area contributed by atoms with Crippen LogP contribution in [0.15, 0.2) is 21.6 Å². The highest BCUT2D eigenvalue weighted by atomic mass is 32.2. The highest BCUT2D eigenvalue weighted by Gasteiger charge is 2.27. The fourth-order valence-electron chi connectivity index (χ4n) is 1.71. The van der Waals surface area contributed by atoms with E-state index in [-0.39, 0.29) is 10.9 Å². The van der Waals surface area contributed by atoms with Crippen LogP contribution in [0.5, 0.6) is 0 Å². The van der Waals surface area contributed by atoms with Crippen molar-refractivity contribution in [1.82, 2.24) is 9.21 Å². The van der Waals surface area contributed by atoms with Gasteiger partial charge in [0.25, 0.3) is 10.0 Å². The summed E-state index contributed by atoms with van der Waals surface area (Å²) in [6, 6.07) is 2.32. The minimum absolute atomic E-state index is 0.304. The number of carboxylic acid groups (broad SMARTS) is 1. The van der Waals surface area contributed by atoms with Crippen molar-refractivity contribution in [1.29, 1.82) is 0 Å². The molecule has 1 N–H and O–H groups in total. The van der Waals surface area contributed by atoms with Gasteiger partial charge >= 0.3 is 5.97 Å². The molecule has 1 aromatic rings. The van der Waals surface area contributed by atoms with Gasteiger partial charge in [-0.25, -0.2) is 13.2 Å². The van der Waals surface area contributed by atoms with Crippen molar-refractivity contribution in [2.75, 3.05) is 33.7 Å². The van der Waals surface area contributed by atoms with E-state index in [9.17, 15) is 13.2 Å². The minimum Gasteiger partial charge on any atom is -0.475 e. The zero-order valence-corrected chi connectivity index (χ0v) is 12.7. The third-order valence-electron chi connectivity index (χ3n) is 2.75. The molecular weight excluding hydrogens is 284 g/mol. The second-order valence-corrected chi connectivity index (χ2v) is 6.45. The molecule has 1 aromatic heterocycles. The number of hydrogen-bond donors (Lipinski definition) is 1. The van der Waals surface area contributed by atoms with Gasteiger partial charge in [-0.2, -0.15) is 4.31 Å². The van der Waals surface area contributed by atoms with Gasteiger partial charge in [0.05, 0.1) is 0 Å². The van der Waals surface area contributed by atoms with Crippen molar-refractivity contribution >= 4 is 16.0 Å². The van der Waals surface area contributed by atoms with Gasteiger partial charge in [-0.1, -0.05) is 6.92 Å². The lowest BCUT2D eigenvalue weighted by Gasteiger charge is -2.19. The Morgan fingerprint density at radius 3 is 2.40 bits per heavy atom. The van der Waals surface area contributed by atoms with Crippen molar-refractivity contribution in [2.24, 2.45) is 0 Å². The molecule has 0 spiro atoms. The Morgan fingerprint density at radius 2 is 1.95 bits per heavy atom. The minimum atomic E-state index is -3.78. The molecular formula is C12H20N2O5S. The normalized spacial score (nSPS) is 12.2. The Bertz CT molecular complexity index is 550. The average molecular weight is 304 g/mol. The number of furan rings is 1. The fourth-order valence-corrected chi connectivity index (χ4v) is 3.11. The zero-order chi connectivity index (χ0) is 15.3. The lowest BCUT2D eigenvalue weighted by atomic mass is 10.4. The molecule has 8 heteroatoms. The standard InChI is InChI=1S/C12H20N2O5S/c1-4-14(9-5-8-13(2)3)20(17,18)11-7-6-10(19-11)12(15)16/h6-7H,4-5,8-9H2,1-3H3,(H,15,16). The largest absolute Gasteiger partial charge is 0.475 e. The molecule has 0 radical (unpaired) electrons. The van der Waals surface area contributed by atoms with Gasteiger partial charge in [-0.3, -0.25) is 0 Å². The summed E-state index contributed by atoms with van der Waals surface area (Å²) in [7, 11) is 0.0493. The van der Waals surface area contributed by atoms with E-state index in [1.807, 2.05) is 19.0 Å². The van der Waals surface area contributed by atoms with E-state index in [2.05, 4.69) is 0 Å². The molecule has 0 aliphatic carbocycles. The molecule has 0 amide bonds. The summed E-state index contributed by atoms with van der Waals surface area (Å²) in [6.45, 7) is 3.16. The summed E-state index contributed by atoms with van der Waals surface area (Å²) < 4.78 is 30.8. The molecule has 0 aliphatic heterocycles. The van der Waals surface area contributed by atoms with Crippen LogP contribution in [-0.4, -0.2) is 62.4 Å². The van der Waals surface area contributed by atoms with Crippen molar-refractivity contribution in [3.05, 3.63) is 17.9 Å². The Kier molecular flexibility index (Phi) is 5.73. The Hall–Kier alpha value is -1.38.